The van der Waals surface area contributed by atoms with E-state index in [-0.39, 0.29) is 11.5 Å². The highest BCUT2D eigenvalue weighted by molar-refractivity contribution is 5.91. The number of benzene rings is 1. The highest BCUT2D eigenvalue weighted by Crippen LogP contribution is 2.16. The Morgan fingerprint density at radius 3 is 2.44 bits per heavy atom. The van der Waals surface area contributed by atoms with E-state index in [1.165, 1.54) is 17.9 Å². The van der Waals surface area contributed by atoms with E-state index in [0.717, 1.165) is 10.1 Å². The SMILES string of the molecule is Cn1c(=O)c2c(nc(CN3CCN(C(=O)c4ccco4)CC3)n2C/C=C/c2ccccc2)n(C)c1=O. The molecule has 0 N–H and O–H groups in total. The van der Waals surface area contributed by atoms with Crippen LogP contribution in [-0.2, 0) is 27.2 Å². The smallest absolute Gasteiger partial charge is 0.332 e. The maximum atomic E-state index is 13.1. The van der Waals surface area contributed by atoms with Gasteiger partial charge in [0, 0.05) is 46.8 Å². The lowest BCUT2D eigenvalue weighted by molar-refractivity contribution is 0.0594. The normalized spacial score (nSPS) is 14.8. The minimum Gasteiger partial charge on any atom is -0.459 e. The van der Waals surface area contributed by atoms with Crippen molar-refractivity contribution < 1.29 is 9.21 Å². The fourth-order valence-electron chi connectivity index (χ4n) is 4.53. The minimum absolute atomic E-state index is 0.114. The number of amides is 1. The quantitative estimate of drug-likeness (QED) is 0.410. The third-order valence-corrected chi connectivity index (χ3v) is 6.58. The lowest BCUT2D eigenvalue weighted by Crippen LogP contribution is -2.48. The van der Waals surface area contributed by atoms with Crippen molar-refractivity contribution in [2.45, 2.75) is 13.1 Å². The van der Waals surface area contributed by atoms with Gasteiger partial charge in [-0.25, -0.2) is 9.78 Å². The van der Waals surface area contributed by atoms with Crippen LogP contribution in [0.1, 0.15) is 21.9 Å². The standard InChI is InChI=1S/C26H28N6O4/c1-28-23-22(25(34)29(2)26(28)35)32(12-6-10-19-8-4-3-5-9-19)21(27-23)18-30-13-15-31(16-14-30)24(33)20-11-7-17-36-20/h3-11,17H,12-16,18H2,1-2H3/b10-6+. The first-order chi connectivity index (χ1) is 17.4. The Morgan fingerprint density at radius 1 is 1.00 bits per heavy atom. The molecule has 0 spiro atoms. The molecule has 0 aliphatic carbocycles. The second-order valence-electron chi connectivity index (χ2n) is 8.88. The largest absolute Gasteiger partial charge is 0.459 e. The summed E-state index contributed by atoms with van der Waals surface area (Å²) in [7, 11) is 3.11. The van der Waals surface area contributed by atoms with Crippen LogP contribution in [0, 0.1) is 0 Å². The van der Waals surface area contributed by atoms with Gasteiger partial charge in [-0.1, -0.05) is 42.5 Å². The Balaban J connectivity index is 1.41. The fourth-order valence-corrected chi connectivity index (χ4v) is 4.53. The number of piperazine rings is 1. The van der Waals surface area contributed by atoms with Crippen LogP contribution in [0.5, 0.6) is 0 Å². The summed E-state index contributed by atoms with van der Waals surface area (Å²) in [5, 5.41) is 0. The lowest BCUT2D eigenvalue weighted by atomic mass is 10.2. The number of aromatic nitrogens is 4. The van der Waals surface area contributed by atoms with Crippen LogP contribution in [0.25, 0.3) is 17.2 Å². The predicted molar refractivity (Wildman–Crippen MR) is 136 cm³/mol. The van der Waals surface area contributed by atoms with Crippen LogP contribution in [0.4, 0.5) is 0 Å². The predicted octanol–water partition coefficient (Wildman–Crippen LogP) is 1.70. The Kier molecular flexibility index (Phi) is 6.43. The molecule has 0 saturated carbocycles. The van der Waals surface area contributed by atoms with Gasteiger partial charge in [0.25, 0.3) is 11.5 Å². The Hall–Kier alpha value is -4.18. The number of imidazole rings is 1. The van der Waals surface area contributed by atoms with Gasteiger partial charge in [-0.3, -0.25) is 23.6 Å². The van der Waals surface area contributed by atoms with Crippen molar-refractivity contribution in [1.29, 1.82) is 0 Å². The molecule has 3 aromatic heterocycles. The first-order valence-corrected chi connectivity index (χ1v) is 11.9. The average molecular weight is 489 g/mol. The molecule has 10 heteroatoms. The molecule has 0 atom stereocenters. The van der Waals surface area contributed by atoms with Crippen molar-refractivity contribution in [3.63, 3.8) is 0 Å². The number of allylic oxidation sites excluding steroid dienone is 1. The number of fused-ring (bicyclic) bond motifs is 1. The van der Waals surface area contributed by atoms with Crippen molar-refractivity contribution in [2.24, 2.45) is 14.1 Å². The van der Waals surface area contributed by atoms with Crippen molar-refractivity contribution >= 4 is 23.1 Å². The van der Waals surface area contributed by atoms with Crippen LogP contribution in [-0.4, -0.2) is 60.6 Å². The zero-order valence-electron chi connectivity index (χ0n) is 20.3. The van der Waals surface area contributed by atoms with E-state index >= 15 is 0 Å². The molecule has 36 heavy (non-hydrogen) atoms. The number of carbonyl (C=O) groups excluding carboxylic acids is 1. The van der Waals surface area contributed by atoms with E-state index in [4.69, 9.17) is 9.40 Å². The minimum atomic E-state index is -0.409. The van der Waals surface area contributed by atoms with Crippen molar-refractivity contribution in [3.05, 3.63) is 92.8 Å². The average Bonchev–Trinajstić information content (AvgIpc) is 3.56. The molecular formula is C26H28N6O4. The lowest BCUT2D eigenvalue weighted by Gasteiger charge is -2.34. The molecule has 1 saturated heterocycles. The number of nitrogens with zero attached hydrogens (tertiary/aromatic N) is 6. The van der Waals surface area contributed by atoms with Gasteiger partial charge >= 0.3 is 5.69 Å². The molecule has 1 aliphatic heterocycles. The Morgan fingerprint density at radius 2 is 1.75 bits per heavy atom. The van der Waals surface area contributed by atoms with E-state index in [9.17, 15) is 14.4 Å². The van der Waals surface area contributed by atoms with E-state index in [2.05, 4.69) is 4.90 Å². The summed E-state index contributed by atoms with van der Waals surface area (Å²) < 4.78 is 9.66. The molecule has 1 fully saturated rings. The number of hydrogen-bond acceptors (Lipinski definition) is 6. The molecule has 0 radical (unpaired) electrons. The maximum Gasteiger partial charge on any atom is 0.332 e. The summed E-state index contributed by atoms with van der Waals surface area (Å²) >= 11 is 0. The molecule has 4 heterocycles. The zero-order valence-corrected chi connectivity index (χ0v) is 20.3. The highest BCUT2D eigenvalue weighted by Gasteiger charge is 2.26. The van der Waals surface area contributed by atoms with Crippen molar-refractivity contribution in [1.82, 2.24) is 28.5 Å². The van der Waals surface area contributed by atoms with Gasteiger partial charge in [-0.05, 0) is 17.7 Å². The van der Waals surface area contributed by atoms with Gasteiger partial charge in [0.15, 0.2) is 16.9 Å². The molecule has 1 aliphatic rings. The monoisotopic (exact) mass is 488 g/mol. The maximum absolute atomic E-state index is 13.1. The first-order valence-electron chi connectivity index (χ1n) is 11.9. The second-order valence-corrected chi connectivity index (χ2v) is 8.88. The summed E-state index contributed by atoms with van der Waals surface area (Å²) in [6, 6.07) is 13.3. The molecule has 1 amide bonds. The van der Waals surface area contributed by atoms with Crippen molar-refractivity contribution in [2.75, 3.05) is 26.2 Å². The number of aryl methyl sites for hydroxylation is 1. The summed E-state index contributed by atoms with van der Waals surface area (Å²) in [5.74, 6) is 0.926. The van der Waals surface area contributed by atoms with Gasteiger partial charge in [-0.15, -0.1) is 0 Å². The molecule has 5 rings (SSSR count). The van der Waals surface area contributed by atoms with Gasteiger partial charge < -0.3 is 13.9 Å². The second kappa shape index (κ2) is 9.82. The number of rotatable bonds is 6. The van der Waals surface area contributed by atoms with Gasteiger partial charge in [-0.2, -0.15) is 0 Å². The Labute approximate surface area is 207 Å². The molecular weight excluding hydrogens is 460 g/mol. The fraction of sp³-hybridized carbons (Fsp3) is 0.308. The molecule has 4 aromatic rings. The topological polar surface area (TPSA) is 98.5 Å². The van der Waals surface area contributed by atoms with Gasteiger partial charge in [0.2, 0.25) is 0 Å². The molecule has 1 aromatic carbocycles. The summed E-state index contributed by atoms with van der Waals surface area (Å²) in [6.45, 7) is 3.37. The van der Waals surface area contributed by atoms with E-state index in [1.54, 1.807) is 24.1 Å². The number of hydrogen-bond donors (Lipinski definition) is 0. The molecule has 0 bridgehead atoms. The summed E-state index contributed by atoms with van der Waals surface area (Å²) in [5.41, 5.74) is 1.06. The number of carbonyl (C=O) groups is 1. The molecule has 186 valence electrons. The third-order valence-electron chi connectivity index (χ3n) is 6.58. The van der Waals surface area contributed by atoms with E-state index < -0.39 is 5.69 Å². The van der Waals surface area contributed by atoms with Crippen LogP contribution in [0.3, 0.4) is 0 Å². The van der Waals surface area contributed by atoms with Crippen LogP contribution < -0.4 is 11.2 Å². The van der Waals surface area contributed by atoms with E-state index in [0.29, 0.717) is 62.0 Å². The number of furan rings is 1. The molecule has 10 nitrogen and oxygen atoms in total. The molecule has 0 unspecified atom stereocenters. The highest BCUT2D eigenvalue weighted by atomic mass is 16.3. The van der Waals surface area contributed by atoms with Crippen LogP contribution in [0.15, 0.2) is 68.8 Å². The van der Waals surface area contributed by atoms with Gasteiger partial charge in [0.1, 0.15) is 5.82 Å². The Bertz CT molecular complexity index is 1520. The zero-order chi connectivity index (χ0) is 25.2. The first kappa shape index (κ1) is 23.6. The summed E-state index contributed by atoms with van der Waals surface area (Å²) in [4.78, 5) is 46.9. The van der Waals surface area contributed by atoms with E-state index in [1.807, 2.05) is 47.1 Å². The third kappa shape index (κ3) is 4.42. The van der Waals surface area contributed by atoms with Gasteiger partial charge in [0.05, 0.1) is 12.8 Å². The van der Waals surface area contributed by atoms with Crippen LogP contribution >= 0.6 is 0 Å². The van der Waals surface area contributed by atoms with Crippen LogP contribution in [0.2, 0.25) is 0 Å². The summed E-state index contributed by atoms with van der Waals surface area (Å²) in [6.07, 6.45) is 5.49. The van der Waals surface area contributed by atoms with Crippen molar-refractivity contribution in [3.8, 4) is 0 Å².